The van der Waals surface area contributed by atoms with Crippen molar-refractivity contribution in [1.82, 2.24) is 14.9 Å². The molecule has 0 bridgehead atoms. The zero-order valence-corrected chi connectivity index (χ0v) is 18.2. The average Bonchev–Trinajstić information content (AvgIpc) is 3.41. The van der Waals surface area contributed by atoms with Crippen LogP contribution in [0.5, 0.6) is 0 Å². The summed E-state index contributed by atoms with van der Waals surface area (Å²) in [5.41, 5.74) is 1.84. The van der Waals surface area contributed by atoms with Crippen molar-refractivity contribution in [2.75, 3.05) is 6.61 Å². The Labute approximate surface area is 186 Å². The molecule has 1 heterocycles. The molecule has 7 heteroatoms. The third-order valence-corrected chi connectivity index (χ3v) is 5.80. The number of nitrogens with zero attached hydrogens (tertiary/aromatic N) is 2. The van der Waals surface area contributed by atoms with Crippen molar-refractivity contribution in [2.24, 2.45) is 0 Å². The van der Waals surface area contributed by atoms with Crippen LogP contribution in [0.15, 0.2) is 48.5 Å². The van der Waals surface area contributed by atoms with E-state index in [-0.39, 0.29) is 12.3 Å². The van der Waals surface area contributed by atoms with Crippen LogP contribution < -0.4 is 5.32 Å². The Bertz CT molecular complexity index is 1060. The fraction of sp³-hybridized carbons (Fsp3) is 0.333. The maximum Gasteiger partial charge on any atom is 0.358 e. The van der Waals surface area contributed by atoms with Crippen LogP contribution in [0.2, 0.25) is 5.02 Å². The van der Waals surface area contributed by atoms with Crippen LogP contribution in [0.1, 0.15) is 48.8 Å². The molecule has 1 aromatic heterocycles. The molecule has 1 fully saturated rings. The molecule has 0 aliphatic heterocycles. The van der Waals surface area contributed by atoms with Crippen molar-refractivity contribution in [3.8, 4) is 17.1 Å². The van der Waals surface area contributed by atoms with Gasteiger partial charge in [0, 0.05) is 23.2 Å². The van der Waals surface area contributed by atoms with Gasteiger partial charge in [0.1, 0.15) is 11.6 Å². The number of ether oxygens (including phenoxy) is 1. The predicted molar refractivity (Wildman–Crippen MR) is 119 cm³/mol. The molecule has 0 atom stereocenters. The first-order valence-electron chi connectivity index (χ1n) is 10.6. The lowest BCUT2D eigenvalue weighted by molar-refractivity contribution is 0.0518. The minimum absolute atomic E-state index is 0.195. The van der Waals surface area contributed by atoms with E-state index in [4.69, 9.17) is 16.3 Å². The van der Waals surface area contributed by atoms with E-state index >= 15 is 0 Å². The number of carbonyl (C=O) groups excluding carboxylic acids is 1. The molecule has 1 aliphatic carbocycles. The van der Waals surface area contributed by atoms with Gasteiger partial charge in [0.2, 0.25) is 0 Å². The fourth-order valence-corrected chi connectivity index (χ4v) is 4.16. The van der Waals surface area contributed by atoms with Gasteiger partial charge in [-0.05, 0) is 56.2 Å². The molecule has 1 aliphatic rings. The molecule has 3 aromatic rings. The summed E-state index contributed by atoms with van der Waals surface area (Å²) >= 11 is 6.06. The number of hydrogen-bond donors (Lipinski definition) is 1. The molecule has 4 rings (SSSR count). The second-order valence-electron chi connectivity index (χ2n) is 7.61. The highest BCUT2D eigenvalue weighted by Crippen LogP contribution is 2.30. The van der Waals surface area contributed by atoms with Crippen LogP contribution in [-0.4, -0.2) is 28.2 Å². The molecule has 0 radical (unpaired) electrons. The third kappa shape index (κ3) is 4.65. The maximum absolute atomic E-state index is 14.9. The number of para-hydroxylation sites is 1. The molecular weight excluding hydrogens is 417 g/mol. The van der Waals surface area contributed by atoms with Crippen molar-refractivity contribution in [2.45, 2.75) is 45.2 Å². The van der Waals surface area contributed by atoms with E-state index in [1.807, 2.05) is 12.1 Å². The first kappa shape index (κ1) is 21.5. The Balaban J connectivity index is 1.88. The fourth-order valence-electron chi connectivity index (χ4n) is 4.04. The lowest BCUT2D eigenvalue weighted by atomic mass is 10.2. The van der Waals surface area contributed by atoms with Crippen molar-refractivity contribution >= 4 is 17.6 Å². The lowest BCUT2D eigenvalue weighted by Gasteiger charge is -2.17. The Morgan fingerprint density at radius 2 is 1.90 bits per heavy atom. The molecule has 1 N–H and O–H groups in total. The number of hydrogen-bond acceptors (Lipinski definition) is 4. The van der Waals surface area contributed by atoms with Crippen LogP contribution >= 0.6 is 11.6 Å². The van der Waals surface area contributed by atoms with Gasteiger partial charge in [-0.1, -0.05) is 36.6 Å². The second kappa shape index (κ2) is 9.62. The van der Waals surface area contributed by atoms with Crippen LogP contribution in [0.3, 0.4) is 0 Å². The zero-order valence-electron chi connectivity index (χ0n) is 17.4. The van der Waals surface area contributed by atoms with E-state index in [1.54, 1.807) is 41.8 Å². The molecule has 0 unspecified atom stereocenters. The van der Waals surface area contributed by atoms with Gasteiger partial charge in [-0.3, -0.25) is 4.57 Å². The molecule has 0 spiro atoms. The highest BCUT2D eigenvalue weighted by molar-refractivity contribution is 6.30. The highest BCUT2D eigenvalue weighted by Gasteiger charge is 2.27. The van der Waals surface area contributed by atoms with Crippen molar-refractivity contribution in [3.05, 3.63) is 70.8 Å². The summed E-state index contributed by atoms with van der Waals surface area (Å²) in [5.74, 6) is -0.447. The Morgan fingerprint density at radius 3 is 2.58 bits per heavy atom. The van der Waals surface area contributed by atoms with E-state index in [1.165, 1.54) is 18.9 Å². The Kier molecular flexibility index (Phi) is 6.68. The predicted octanol–water partition coefficient (Wildman–Crippen LogP) is 5.54. The van der Waals surface area contributed by atoms with Crippen LogP contribution in [0.25, 0.3) is 17.1 Å². The maximum atomic E-state index is 14.9. The number of rotatable bonds is 7. The summed E-state index contributed by atoms with van der Waals surface area (Å²) in [6.07, 6.45) is 4.55. The smallest absolute Gasteiger partial charge is 0.358 e. The molecule has 31 heavy (non-hydrogen) atoms. The minimum atomic E-state index is -0.518. The van der Waals surface area contributed by atoms with Gasteiger partial charge in [0.05, 0.1) is 18.0 Å². The molecule has 162 valence electrons. The normalized spacial score (nSPS) is 14.2. The van der Waals surface area contributed by atoms with E-state index in [2.05, 4.69) is 10.3 Å². The zero-order chi connectivity index (χ0) is 21.8. The second-order valence-corrected chi connectivity index (χ2v) is 8.04. The van der Waals surface area contributed by atoms with Gasteiger partial charge in [0.15, 0.2) is 5.69 Å². The number of benzene rings is 2. The summed E-state index contributed by atoms with van der Waals surface area (Å²) in [6.45, 7) is 2.37. The third-order valence-electron chi connectivity index (χ3n) is 5.55. The number of aromatic nitrogens is 2. The molecule has 2 aromatic carbocycles. The Hall–Kier alpha value is -2.70. The van der Waals surface area contributed by atoms with Crippen LogP contribution in [0, 0.1) is 5.82 Å². The van der Waals surface area contributed by atoms with E-state index in [9.17, 15) is 9.18 Å². The highest BCUT2D eigenvalue weighted by atomic mass is 35.5. The molecule has 1 saturated carbocycles. The van der Waals surface area contributed by atoms with Gasteiger partial charge in [0.25, 0.3) is 0 Å². The first-order valence-corrected chi connectivity index (χ1v) is 11.0. The summed E-state index contributed by atoms with van der Waals surface area (Å²) in [5, 5.41) is 4.11. The van der Waals surface area contributed by atoms with E-state index in [0.717, 1.165) is 18.4 Å². The van der Waals surface area contributed by atoms with Crippen molar-refractivity contribution in [3.63, 3.8) is 0 Å². The number of nitrogens with one attached hydrogen (secondary N) is 1. The van der Waals surface area contributed by atoms with Crippen molar-refractivity contribution in [1.29, 1.82) is 0 Å². The average molecular weight is 442 g/mol. The molecule has 0 amide bonds. The monoisotopic (exact) mass is 441 g/mol. The largest absolute Gasteiger partial charge is 0.461 e. The van der Waals surface area contributed by atoms with Gasteiger partial charge in [-0.2, -0.15) is 0 Å². The van der Waals surface area contributed by atoms with Gasteiger partial charge >= 0.3 is 5.97 Å². The topological polar surface area (TPSA) is 56.1 Å². The summed E-state index contributed by atoms with van der Waals surface area (Å²) < 4.78 is 21.9. The SMILES string of the molecule is CCOC(=O)c1nc(-c2ccc(Cl)cc2)n(-c2ccccc2F)c1CNC1CCCC1. The number of carbonyl (C=O) groups is 1. The first-order chi connectivity index (χ1) is 15.1. The molecular formula is C24H25ClFN3O2. The van der Waals surface area contributed by atoms with E-state index in [0.29, 0.717) is 34.8 Å². The number of esters is 1. The number of halogens is 2. The number of imidazole rings is 1. The summed E-state index contributed by atoms with van der Waals surface area (Å²) in [4.78, 5) is 17.4. The van der Waals surface area contributed by atoms with Gasteiger partial charge in [-0.25, -0.2) is 14.2 Å². The van der Waals surface area contributed by atoms with Crippen molar-refractivity contribution < 1.29 is 13.9 Å². The van der Waals surface area contributed by atoms with Gasteiger partial charge in [-0.15, -0.1) is 0 Å². The summed E-state index contributed by atoms with van der Waals surface area (Å²) in [7, 11) is 0. The molecule has 0 saturated heterocycles. The van der Waals surface area contributed by atoms with Crippen LogP contribution in [0.4, 0.5) is 4.39 Å². The molecule has 5 nitrogen and oxygen atoms in total. The quantitative estimate of drug-likeness (QED) is 0.489. The van der Waals surface area contributed by atoms with E-state index < -0.39 is 11.8 Å². The lowest BCUT2D eigenvalue weighted by Crippen LogP contribution is -2.27. The minimum Gasteiger partial charge on any atom is -0.461 e. The Morgan fingerprint density at radius 1 is 1.19 bits per heavy atom. The van der Waals surface area contributed by atoms with Gasteiger partial charge < -0.3 is 10.1 Å². The summed E-state index contributed by atoms with van der Waals surface area (Å²) in [6, 6.07) is 14.0. The standard InChI is InChI=1S/C24H25ClFN3O2/c1-2-31-24(30)22-21(15-27-18-7-3-4-8-18)29(20-10-6-5-9-19(20)26)23(28-22)16-11-13-17(25)14-12-16/h5-6,9-14,18,27H,2-4,7-8,15H2,1H3. The van der Waals surface area contributed by atoms with Crippen LogP contribution in [-0.2, 0) is 11.3 Å².